The molecule has 98 valence electrons. The average Bonchev–Trinajstić information content (AvgIpc) is 2.41. The van der Waals surface area contributed by atoms with Gasteiger partial charge in [-0.2, -0.15) is 0 Å². The van der Waals surface area contributed by atoms with E-state index in [-0.39, 0.29) is 18.0 Å². The van der Waals surface area contributed by atoms with E-state index < -0.39 is 0 Å². The van der Waals surface area contributed by atoms with Crippen LogP contribution in [0.4, 0.5) is 0 Å². The molecule has 19 heavy (non-hydrogen) atoms. The van der Waals surface area contributed by atoms with Crippen molar-refractivity contribution in [2.75, 3.05) is 0 Å². The largest absolute Gasteiger partial charge is 0.348 e. The minimum Gasteiger partial charge on any atom is -0.348 e. The fraction of sp³-hybridized carbons (Fsp3) is 0.143. The van der Waals surface area contributed by atoms with E-state index in [9.17, 15) is 9.59 Å². The zero-order chi connectivity index (χ0) is 13.8. The van der Waals surface area contributed by atoms with E-state index in [0.717, 1.165) is 0 Å². The first-order chi connectivity index (χ1) is 9.08. The fourth-order valence-electron chi connectivity index (χ4n) is 1.67. The Labute approximate surface area is 115 Å². The second-order valence-corrected chi connectivity index (χ2v) is 4.58. The van der Waals surface area contributed by atoms with E-state index in [4.69, 9.17) is 11.6 Å². The highest BCUT2D eigenvalue weighted by atomic mass is 35.5. The first-order valence-corrected chi connectivity index (χ1v) is 6.14. The molecule has 0 fully saturated rings. The molecule has 0 aliphatic heterocycles. The van der Waals surface area contributed by atoms with Gasteiger partial charge >= 0.3 is 0 Å². The van der Waals surface area contributed by atoms with Gasteiger partial charge in [0.25, 0.3) is 11.5 Å². The lowest BCUT2D eigenvalue weighted by molar-refractivity contribution is 0.0950. The average molecular weight is 277 g/mol. The molecule has 1 aromatic heterocycles. The number of halogens is 1. The van der Waals surface area contributed by atoms with Gasteiger partial charge in [-0.05, 0) is 30.3 Å². The molecule has 0 aliphatic carbocycles. The Morgan fingerprint density at radius 2 is 1.95 bits per heavy atom. The van der Waals surface area contributed by atoms with E-state index in [0.29, 0.717) is 16.1 Å². The van der Waals surface area contributed by atoms with Crippen molar-refractivity contribution in [2.24, 2.45) is 7.05 Å². The first kappa shape index (κ1) is 13.4. The van der Waals surface area contributed by atoms with E-state index in [1.165, 1.54) is 4.57 Å². The Morgan fingerprint density at radius 1 is 1.26 bits per heavy atom. The van der Waals surface area contributed by atoms with Crippen LogP contribution in [0.1, 0.15) is 15.9 Å². The zero-order valence-corrected chi connectivity index (χ0v) is 11.1. The molecule has 5 heteroatoms. The number of benzene rings is 1. The highest BCUT2D eigenvalue weighted by Crippen LogP contribution is 2.09. The van der Waals surface area contributed by atoms with Gasteiger partial charge in [-0.3, -0.25) is 9.59 Å². The lowest BCUT2D eigenvalue weighted by Crippen LogP contribution is -2.28. The van der Waals surface area contributed by atoms with Gasteiger partial charge in [0.2, 0.25) is 0 Å². The van der Waals surface area contributed by atoms with Gasteiger partial charge in [0.15, 0.2) is 0 Å². The summed E-state index contributed by atoms with van der Waals surface area (Å²) in [6.07, 6.45) is 1.67. The second-order valence-electron chi connectivity index (χ2n) is 4.14. The number of amides is 1. The molecule has 1 N–H and O–H groups in total. The summed E-state index contributed by atoms with van der Waals surface area (Å²) < 4.78 is 1.48. The summed E-state index contributed by atoms with van der Waals surface area (Å²) in [5, 5.41) is 3.28. The van der Waals surface area contributed by atoms with Crippen molar-refractivity contribution in [1.29, 1.82) is 0 Å². The Bertz CT molecular complexity index is 647. The molecular weight excluding hydrogens is 264 g/mol. The molecule has 0 unspecified atom stereocenters. The van der Waals surface area contributed by atoms with Crippen molar-refractivity contribution in [3.05, 3.63) is 69.1 Å². The molecule has 0 saturated carbocycles. The number of rotatable bonds is 3. The normalized spacial score (nSPS) is 10.2. The summed E-state index contributed by atoms with van der Waals surface area (Å²) in [7, 11) is 1.67. The van der Waals surface area contributed by atoms with Crippen LogP contribution in [0.25, 0.3) is 0 Å². The number of aromatic nitrogens is 1. The van der Waals surface area contributed by atoms with Crippen molar-refractivity contribution in [2.45, 2.75) is 6.54 Å². The van der Waals surface area contributed by atoms with E-state index >= 15 is 0 Å². The number of nitrogens with one attached hydrogen (secondary N) is 1. The molecule has 1 aromatic carbocycles. The summed E-state index contributed by atoms with van der Waals surface area (Å²) in [5.41, 5.74) is 0.948. The highest BCUT2D eigenvalue weighted by Gasteiger charge is 2.06. The van der Waals surface area contributed by atoms with Crippen LogP contribution in [0, 0.1) is 0 Å². The number of hydrogen-bond acceptors (Lipinski definition) is 2. The summed E-state index contributed by atoms with van der Waals surface area (Å²) in [6, 6.07) is 10.0. The van der Waals surface area contributed by atoms with E-state index in [1.54, 1.807) is 49.6 Å². The smallest absolute Gasteiger partial charge is 0.255 e. The predicted molar refractivity (Wildman–Crippen MR) is 74.3 cm³/mol. The third-order valence-corrected chi connectivity index (χ3v) is 3.00. The lowest BCUT2D eigenvalue weighted by Gasteiger charge is -2.06. The molecule has 0 spiro atoms. The SMILES string of the molecule is Cn1cccc(CNC(=O)c2ccc(Cl)cc2)c1=O. The number of nitrogens with zero attached hydrogens (tertiary/aromatic N) is 1. The van der Waals surface area contributed by atoms with Gasteiger partial charge in [0.05, 0.1) is 0 Å². The first-order valence-electron chi connectivity index (χ1n) is 5.76. The second kappa shape index (κ2) is 5.71. The Kier molecular flexibility index (Phi) is 4.02. The third kappa shape index (κ3) is 3.23. The minimum atomic E-state index is -0.234. The maximum atomic E-state index is 11.9. The van der Waals surface area contributed by atoms with E-state index in [1.807, 2.05) is 0 Å². The van der Waals surface area contributed by atoms with Crippen molar-refractivity contribution in [1.82, 2.24) is 9.88 Å². The highest BCUT2D eigenvalue weighted by molar-refractivity contribution is 6.30. The van der Waals surface area contributed by atoms with Gasteiger partial charge < -0.3 is 9.88 Å². The van der Waals surface area contributed by atoms with Gasteiger partial charge in [-0.25, -0.2) is 0 Å². The minimum absolute atomic E-state index is 0.112. The monoisotopic (exact) mass is 276 g/mol. The standard InChI is InChI=1S/C14H13ClN2O2/c1-17-8-2-3-11(14(17)19)9-16-13(18)10-4-6-12(15)7-5-10/h2-8H,9H2,1H3,(H,16,18). The molecule has 0 aliphatic rings. The maximum Gasteiger partial charge on any atom is 0.255 e. The summed E-state index contributed by atoms with van der Waals surface area (Å²) in [4.78, 5) is 23.6. The molecule has 0 bridgehead atoms. The van der Waals surface area contributed by atoms with Gasteiger partial charge in [-0.1, -0.05) is 17.7 Å². The number of pyridine rings is 1. The molecule has 2 rings (SSSR count). The van der Waals surface area contributed by atoms with Crippen LogP contribution < -0.4 is 10.9 Å². The van der Waals surface area contributed by atoms with Crippen molar-refractivity contribution >= 4 is 17.5 Å². The van der Waals surface area contributed by atoms with Crippen LogP contribution in [-0.2, 0) is 13.6 Å². The molecule has 4 nitrogen and oxygen atoms in total. The van der Waals surface area contributed by atoms with Gasteiger partial charge in [-0.15, -0.1) is 0 Å². The number of carbonyl (C=O) groups excluding carboxylic acids is 1. The van der Waals surface area contributed by atoms with Crippen LogP contribution in [0.2, 0.25) is 5.02 Å². The lowest BCUT2D eigenvalue weighted by atomic mass is 10.2. The van der Waals surface area contributed by atoms with Crippen molar-refractivity contribution in [3.8, 4) is 0 Å². The molecule has 0 radical (unpaired) electrons. The van der Waals surface area contributed by atoms with Gasteiger partial charge in [0.1, 0.15) is 0 Å². The molecule has 2 aromatic rings. The van der Waals surface area contributed by atoms with Gasteiger partial charge in [0, 0.05) is 35.9 Å². The number of aryl methyl sites for hydroxylation is 1. The summed E-state index contributed by atoms with van der Waals surface area (Å²) in [6.45, 7) is 0.203. The zero-order valence-electron chi connectivity index (χ0n) is 10.4. The fourth-order valence-corrected chi connectivity index (χ4v) is 1.79. The molecule has 0 atom stereocenters. The van der Waals surface area contributed by atoms with Crippen molar-refractivity contribution in [3.63, 3.8) is 0 Å². The predicted octanol–water partition coefficient (Wildman–Crippen LogP) is 1.97. The maximum absolute atomic E-state index is 11.9. The Balaban J connectivity index is 2.06. The number of carbonyl (C=O) groups is 1. The van der Waals surface area contributed by atoms with Crippen LogP contribution in [-0.4, -0.2) is 10.5 Å². The quantitative estimate of drug-likeness (QED) is 0.932. The summed E-state index contributed by atoms with van der Waals surface area (Å²) >= 11 is 5.75. The third-order valence-electron chi connectivity index (χ3n) is 2.75. The van der Waals surface area contributed by atoms with Crippen LogP contribution >= 0.6 is 11.6 Å². The Morgan fingerprint density at radius 3 is 2.63 bits per heavy atom. The molecule has 1 heterocycles. The summed E-state index contributed by atoms with van der Waals surface area (Å²) in [5.74, 6) is -0.234. The molecular formula is C14H13ClN2O2. The van der Waals surface area contributed by atoms with Crippen LogP contribution in [0.15, 0.2) is 47.4 Å². The topological polar surface area (TPSA) is 51.1 Å². The number of hydrogen-bond donors (Lipinski definition) is 1. The van der Waals surface area contributed by atoms with Crippen molar-refractivity contribution < 1.29 is 4.79 Å². The van der Waals surface area contributed by atoms with Crippen LogP contribution in [0.3, 0.4) is 0 Å². The molecule has 0 saturated heterocycles. The van der Waals surface area contributed by atoms with Crippen LogP contribution in [0.5, 0.6) is 0 Å². The molecule has 1 amide bonds. The Hall–Kier alpha value is -2.07. The van der Waals surface area contributed by atoms with E-state index in [2.05, 4.69) is 5.32 Å².